The van der Waals surface area contributed by atoms with Gasteiger partial charge in [0.25, 0.3) is 0 Å². The van der Waals surface area contributed by atoms with Gasteiger partial charge in [-0.3, -0.25) is 0 Å². The fourth-order valence-electron chi connectivity index (χ4n) is 1.52. The van der Waals surface area contributed by atoms with Crippen LogP contribution in [0.15, 0.2) is 30.3 Å². The lowest BCUT2D eigenvalue weighted by atomic mass is 9.96. The molecule has 0 spiro atoms. The lowest BCUT2D eigenvalue weighted by molar-refractivity contribution is 0.0732. The average Bonchev–Trinajstić information content (AvgIpc) is 2.63. The highest BCUT2D eigenvalue weighted by molar-refractivity contribution is 6.18. The zero-order valence-corrected chi connectivity index (χ0v) is 8.25. The molecule has 0 bridgehead atoms. The lowest BCUT2D eigenvalue weighted by Gasteiger charge is -2.23. The molecule has 74 valence electrons. The Balaban J connectivity index is 2.34. The third-order valence-corrected chi connectivity index (χ3v) is 2.75. The van der Waals surface area contributed by atoms with Gasteiger partial charge < -0.3 is 10.1 Å². The van der Waals surface area contributed by atoms with Crippen molar-refractivity contribution in [1.29, 1.82) is 0 Å². The van der Waals surface area contributed by atoms with Crippen molar-refractivity contribution in [3.05, 3.63) is 35.9 Å². The Kier molecular flexibility index (Phi) is 2.33. The first kappa shape index (κ1) is 9.34. The van der Waals surface area contributed by atoms with E-state index in [2.05, 4.69) is 5.32 Å². The molecule has 1 N–H and O–H groups in total. The highest BCUT2D eigenvalue weighted by Crippen LogP contribution is 2.30. The molecule has 0 aliphatic carbocycles. The smallest absolute Gasteiger partial charge is 0.408 e. The normalized spacial score (nSPS) is 25.6. The molecular weight excluding hydrogens is 202 g/mol. The summed E-state index contributed by atoms with van der Waals surface area (Å²) in [5.74, 6) is 0.260. The van der Waals surface area contributed by atoms with Gasteiger partial charge in [-0.15, -0.1) is 11.6 Å². The van der Waals surface area contributed by atoms with Gasteiger partial charge in [0.15, 0.2) is 5.60 Å². The summed E-state index contributed by atoms with van der Waals surface area (Å²) >= 11 is 5.85. The monoisotopic (exact) mass is 211 g/mol. The van der Waals surface area contributed by atoms with Gasteiger partial charge in [0, 0.05) is 0 Å². The Bertz CT molecular complexity index is 341. The van der Waals surface area contributed by atoms with Crippen LogP contribution in [0.4, 0.5) is 4.79 Å². The average molecular weight is 212 g/mol. The van der Waals surface area contributed by atoms with Crippen LogP contribution in [0.25, 0.3) is 0 Å². The summed E-state index contributed by atoms with van der Waals surface area (Å²) in [4.78, 5) is 11.0. The molecule has 0 unspecified atom stereocenters. The SMILES string of the molecule is O=C1NC[C@@](CCl)(c2ccccc2)O1. The van der Waals surface area contributed by atoms with Crippen molar-refractivity contribution in [2.45, 2.75) is 5.60 Å². The summed E-state index contributed by atoms with van der Waals surface area (Å²) < 4.78 is 5.20. The molecule has 1 aromatic carbocycles. The number of hydrogen-bond donors (Lipinski definition) is 1. The van der Waals surface area contributed by atoms with Crippen LogP contribution in [0.2, 0.25) is 0 Å². The van der Waals surface area contributed by atoms with Crippen molar-refractivity contribution in [2.24, 2.45) is 0 Å². The summed E-state index contributed by atoms with van der Waals surface area (Å²) in [7, 11) is 0. The number of amides is 1. The van der Waals surface area contributed by atoms with Crippen molar-refractivity contribution < 1.29 is 9.53 Å². The molecule has 1 saturated heterocycles. The lowest BCUT2D eigenvalue weighted by Crippen LogP contribution is -2.32. The number of ether oxygens (including phenoxy) is 1. The molecule has 1 heterocycles. The van der Waals surface area contributed by atoms with Gasteiger partial charge in [0.05, 0.1) is 12.4 Å². The van der Waals surface area contributed by atoms with E-state index in [-0.39, 0.29) is 5.88 Å². The third kappa shape index (κ3) is 1.44. The summed E-state index contributed by atoms with van der Waals surface area (Å²) in [5, 5.41) is 2.61. The van der Waals surface area contributed by atoms with E-state index in [1.54, 1.807) is 0 Å². The van der Waals surface area contributed by atoms with E-state index >= 15 is 0 Å². The zero-order chi connectivity index (χ0) is 10.0. The van der Waals surface area contributed by atoms with Crippen molar-refractivity contribution in [2.75, 3.05) is 12.4 Å². The first-order chi connectivity index (χ1) is 6.77. The maximum atomic E-state index is 11.0. The summed E-state index contributed by atoms with van der Waals surface area (Å²) in [5.41, 5.74) is 0.230. The molecule has 1 amide bonds. The van der Waals surface area contributed by atoms with Crippen molar-refractivity contribution in [3.8, 4) is 0 Å². The fourth-order valence-corrected chi connectivity index (χ4v) is 1.82. The molecule has 1 aromatic rings. The second-order valence-corrected chi connectivity index (χ2v) is 3.50. The van der Waals surface area contributed by atoms with Crippen LogP contribution in [0.3, 0.4) is 0 Å². The van der Waals surface area contributed by atoms with Gasteiger partial charge in [0.1, 0.15) is 0 Å². The Hall–Kier alpha value is -1.22. The van der Waals surface area contributed by atoms with Crippen LogP contribution in [-0.2, 0) is 10.3 Å². The van der Waals surface area contributed by atoms with Gasteiger partial charge >= 0.3 is 6.09 Å². The molecule has 1 fully saturated rings. The molecular formula is C10H10ClNO2. The minimum Gasteiger partial charge on any atom is -0.435 e. The predicted molar refractivity (Wildman–Crippen MR) is 53.3 cm³/mol. The number of halogens is 1. The summed E-state index contributed by atoms with van der Waals surface area (Å²) in [6, 6.07) is 9.52. The summed E-state index contributed by atoms with van der Waals surface area (Å²) in [6.45, 7) is 0.430. The molecule has 3 nitrogen and oxygen atoms in total. The highest BCUT2D eigenvalue weighted by Gasteiger charge is 2.41. The largest absolute Gasteiger partial charge is 0.435 e. The van der Waals surface area contributed by atoms with E-state index in [0.29, 0.717) is 6.54 Å². The van der Waals surface area contributed by atoms with Gasteiger partial charge in [-0.2, -0.15) is 0 Å². The fraction of sp³-hybridized carbons (Fsp3) is 0.300. The number of benzene rings is 1. The molecule has 0 aromatic heterocycles. The van der Waals surface area contributed by atoms with E-state index in [1.807, 2.05) is 30.3 Å². The van der Waals surface area contributed by atoms with Gasteiger partial charge in [-0.25, -0.2) is 4.79 Å². The number of carbonyl (C=O) groups is 1. The van der Waals surface area contributed by atoms with Crippen LogP contribution < -0.4 is 5.32 Å². The predicted octanol–water partition coefficient (Wildman–Crippen LogP) is 1.86. The number of carbonyl (C=O) groups excluding carboxylic acids is 1. The molecule has 1 aliphatic rings. The highest BCUT2D eigenvalue weighted by atomic mass is 35.5. The standard InChI is InChI=1S/C10H10ClNO2/c11-6-10(7-12-9(13)14-10)8-4-2-1-3-5-8/h1-5H,6-7H2,(H,12,13)/t10-/m0/s1. The Morgan fingerprint density at radius 3 is 2.64 bits per heavy atom. The van der Waals surface area contributed by atoms with Crippen molar-refractivity contribution in [1.82, 2.24) is 5.32 Å². The number of nitrogens with one attached hydrogen (secondary N) is 1. The Morgan fingerprint density at radius 2 is 2.14 bits per heavy atom. The maximum Gasteiger partial charge on any atom is 0.408 e. The van der Waals surface area contributed by atoms with Gasteiger partial charge in [-0.05, 0) is 5.56 Å². The minimum absolute atomic E-state index is 0.260. The third-order valence-electron chi connectivity index (χ3n) is 2.32. The first-order valence-electron chi connectivity index (χ1n) is 4.35. The minimum atomic E-state index is -0.695. The topological polar surface area (TPSA) is 38.3 Å². The molecule has 2 rings (SSSR count). The molecule has 1 atom stereocenters. The first-order valence-corrected chi connectivity index (χ1v) is 4.89. The van der Waals surface area contributed by atoms with Crippen LogP contribution in [-0.4, -0.2) is 18.5 Å². The second-order valence-electron chi connectivity index (χ2n) is 3.24. The molecule has 0 saturated carbocycles. The van der Waals surface area contributed by atoms with Crippen molar-refractivity contribution >= 4 is 17.7 Å². The molecule has 0 radical (unpaired) electrons. The van der Waals surface area contributed by atoms with Crippen LogP contribution in [0, 0.1) is 0 Å². The number of rotatable bonds is 2. The zero-order valence-electron chi connectivity index (χ0n) is 7.50. The molecule has 4 heteroatoms. The van der Waals surface area contributed by atoms with E-state index in [9.17, 15) is 4.79 Å². The number of cyclic esters (lactones) is 1. The second kappa shape index (κ2) is 3.50. The summed E-state index contributed by atoms with van der Waals surface area (Å²) in [6.07, 6.45) is -0.408. The Labute approximate surface area is 87.0 Å². The quantitative estimate of drug-likeness (QED) is 0.759. The van der Waals surface area contributed by atoms with E-state index in [0.717, 1.165) is 5.56 Å². The number of hydrogen-bond acceptors (Lipinski definition) is 2. The van der Waals surface area contributed by atoms with E-state index in [4.69, 9.17) is 16.3 Å². The maximum absolute atomic E-state index is 11.0. The van der Waals surface area contributed by atoms with Gasteiger partial charge in [0.2, 0.25) is 0 Å². The van der Waals surface area contributed by atoms with E-state index < -0.39 is 11.7 Å². The molecule has 14 heavy (non-hydrogen) atoms. The van der Waals surface area contributed by atoms with Gasteiger partial charge in [-0.1, -0.05) is 30.3 Å². The van der Waals surface area contributed by atoms with Crippen LogP contribution in [0.1, 0.15) is 5.56 Å². The van der Waals surface area contributed by atoms with Crippen LogP contribution >= 0.6 is 11.6 Å². The van der Waals surface area contributed by atoms with Crippen molar-refractivity contribution in [3.63, 3.8) is 0 Å². The van der Waals surface area contributed by atoms with Crippen LogP contribution in [0.5, 0.6) is 0 Å². The Morgan fingerprint density at radius 1 is 1.43 bits per heavy atom. The van der Waals surface area contributed by atoms with E-state index in [1.165, 1.54) is 0 Å². The number of alkyl halides is 1. The number of alkyl carbamates (subject to hydrolysis) is 1. The molecule has 1 aliphatic heterocycles.